The van der Waals surface area contributed by atoms with E-state index in [2.05, 4.69) is 0 Å². The highest BCUT2D eigenvalue weighted by Crippen LogP contribution is 2.49. The van der Waals surface area contributed by atoms with Crippen molar-refractivity contribution in [3.05, 3.63) is 70.8 Å². The molecule has 4 aromatic rings. The fourth-order valence-electron chi connectivity index (χ4n) is 4.20. The predicted octanol–water partition coefficient (Wildman–Crippen LogP) is 5.08. The highest BCUT2D eigenvalue weighted by atomic mass is 16.4. The topological polar surface area (TPSA) is 115 Å². The molecule has 150 valence electrons. The fourth-order valence-corrected chi connectivity index (χ4v) is 4.20. The summed E-state index contributed by atoms with van der Waals surface area (Å²) in [5, 5.41) is 43.5. The largest absolute Gasteiger partial charge is 0.506 e. The normalized spacial score (nSPS) is 11.1. The third kappa shape index (κ3) is 2.65. The molecule has 30 heavy (non-hydrogen) atoms. The van der Waals surface area contributed by atoms with Crippen molar-refractivity contribution in [2.45, 2.75) is 13.8 Å². The summed E-state index contributed by atoms with van der Waals surface area (Å²) in [6, 6.07) is 13.5. The minimum Gasteiger partial charge on any atom is -0.506 e. The van der Waals surface area contributed by atoms with Crippen molar-refractivity contribution in [1.82, 2.24) is 0 Å². The molecule has 0 bridgehead atoms. The maximum absolute atomic E-state index is 12.0. The zero-order valence-corrected chi connectivity index (χ0v) is 16.2. The standard InChI is InChI=1S/C24H18O6/c1-11-6-5-9-15-17(11)12(2)18(24(29)30)22(26)20(15)19-14-8-4-3-7-13(14)10-16(21(19)25)23(27)28/h3-10,25-26H,1-2H3,(H,27,28)(H,29,30). The van der Waals surface area contributed by atoms with E-state index >= 15 is 0 Å². The lowest BCUT2D eigenvalue weighted by molar-refractivity contribution is 0.0682. The quantitative estimate of drug-likeness (QED) is 0.380. The summed E-state index contributed by atoms with van der Waals surface area (Å²) in [5.41, 5.74) is 0.758. The van der Waals surface area contributed by atoms with Gasteiger partial charge < -0.3 is 20.4 Å². The van der Waals surface area contributed by atoms with Crippen LogP contribution in [-0.2, 0) is 0 Å². The molecule has 0 aliphatic carbocycles. The minimum atomic E-state index is -1.33. The Morgan fingerprint density at radius 3 is 2.07 bits per heavy atom. The molecule has 4 N–H and O–H groups in total. The van der Waals surface area contributed by atoms with Gasteiger partial charge in [0.15, 0.2) is 0 Å². The maximum Gasteiger partial charge on any atom is 0.339 e. The summed E-state index contributed by atoms with van der Waals surface area (Å²) in [5.74, 6) is -3.68. The Morgan fingerprint density at radius 2 is 1.40 bits per heavy atom. The molecule has 0 saturated carbocycles. The van der Waals surface area contributed by atoms with Crippen molar-refractivity contribution in [2.75, 3.05) is 0 Å². The van der Waals surface area contributed by atoms with Crippen molar-refractivity contribution in [3.63, 3.8) is 0 Å². The van der Waals surface area contributed by atoms with E-state index in [4.69, 9.17) is 0 Å². The molecule has 0 aromatic heterocycles. The van der Waals surface area contributed by atoms with Crippen LogP contribution in [0.3, 0.4) is 0 Å². The van der Waals surface area contributed by atoms with Gasteiger partial charge in [0.05, 0.1) is 0 Å². The zero-order chi connectivity index (χ0) is 21.7. The number of benzene rings is 4. The van der Waals surface area contributed by atoms with Gasteiger partial charge >= 0.3 is 11.9 Å². The second-order valence-electron chi connectivity index (χ2n) is 7.20. The first-order valence-corrected chi connectivity index (χ1v) is 9.20. The molecule has 0 heterocycles. The van der Waals surface area contributed by atoms with Gasteiger partial charge in [-0.3, -0.25) is 0 Å². The Kier molecular flexibility index (Phi) is 4.35. The lowest BCUT2D eigenvalue weighted by Crippen LogP contribution is -2.05. The number of aromatic carboxylic acids is 2. The van der Waals surface area contributed by atoms with Crippen LogP contribution in [0.25, 0.3) is 32.7 Å². The predicted molar refractivity (Wildman–Crippen MR) is 114 cm³/mol. The first-order valence-electron chi connectivity index (χ1n) is 9.20. The third-order valence-electron chi connectivity index (χ3n) is 5.48. The van der Waals surface area contributed by atoms with Crippen molar-refractivity contribution < 1.29 is 30.0 Å². The lowest BCUT2D eigenvalue weighted by atomic mass is 9.85. The number of phenols is 2. The third-order valence-corrected chi connectivity index (χ3v) is 5.48. The minimum absolute atomic E-state index is 0.0844. The molecular weight excluding hydrogens is 384 g/mol. The van der Waals surface area contributed by atoms with Gasteiger partial charge in [0.25, 0.3) is 0 Å². The lowest BCUT2D eigenvalue weighted by Gasteiger charge is -2.19. The van der Waals surface area contributed by atoms with Gasteiger partial charge in [0.1, 0.15) is 22.6 Å². The van der Waals surface area contributed by atoms with Crippen LogP contribution in [0.15, 0.2) is 48.5 Å². The summed E-state index contributed by atoms with van der Waals surface area (Å²) in [6.07, 6.45) is 0. The van der Waals surface area contributed by atoms with Gasteiger partial charge in [0, 0.05) is 11.1 Å². The molecule has 6 nitrogen and oxygen atoms in total. The van der Waals surface area contributed by atoms with Crippen molar-refractivity contribution in [1.29, 1.82) is 0 Å². The van der Waals surface area contributed by atoms with Crippen LogP contribution in [0.2, 0.25) is 0 Å². The molecule has 0 unspecified atom stereocenters. The van der Waals surface area contributed by atoms with Gasteiger partial charge in [-0.2, -0.15) is 0 Å². The number of rotatable bonds is 3. The van der Waals surface area contributed by atoms with E-state index in [0.29, 0.717) is 27.1 Å². The summed E-state index contributed by atoms with van der Waals surface area (Å²) < 4.78 is 0. The molecule has 0 radical (unpaired) electrons. The van der Waals surface area contributed by atoms with E-state index in [9.17, 15) is 30.0 Å². The summed E-state index contributed by atoms with van der Waals surface area (Å²) in [4.78, 5) is 23.8. The molecule has 0 aliphatic heterocycles. The van der Waals surface area contributed by atoms with Crippen LogP contribution in [0.4, 0.5) is 0 Å². The van der Waals surface area contributed by atoms with E-state index < -0.39 is 23.4 Å². The summed E-state index contributed by atoms with van der Waals surface area (Å²) in [7, 11) is 0. The number of hydrogen-bond donors (Lipinski definition) is 4. The second-order valence-corrected chi connectivity index (χ2v) is 7.20. The van der Waals surface area contributed by atoms with Gasteiger partial charge in [0.2, 0.25) is 0 Å². The van der Waals surface area contributed by atoms with Crippen LogP contribution >= 0.6 is 0 Å². The van der Waals surface area contributed by atoms with Crippen LogP contribution in [0.1, 0.15) is 31.8 Å². The Bertz CT molecular complexity index is 1380. The molecule has 6 heteroatoms. The van der Waals surface area contributed by atoms with E-state index in [1.165, 1.54) is 6.07 Å². The van der Waals surface area contributed by atoms with Crippen LogP contribution in [-0.4, -0.2) is 32.4 Å². The number of fused-ring (bicyclic) bond motifs is 2. The first kappa shape index (κ1) is 19.3. The van der Waals surface area contributed by atoms with Gasteiger partial charge in [-0.25, -0.2) is 9.59 Å². The van der Waals surface area contributed by atoms with E-state index in [-0.39, 0.29) is 22.3 Å². The molecule has 0 fully saturated rings. The van der Waals surface area contributed by atoms with Crippen molar-refractivity contribution in [3.8, 4) is 22.6 Å². The molecular formula is C24H18O6. The molecule has 0 amide bonds. The van der Waals surface area contributed by atoms with Crippen molar-refractivity contribution >= 4 is 33.5 Å². The Morgan fingerprint density at radius 1 is 0.767 bits per heavy atom. The molecule has 0 atom stereocenters. The Hall–Kier alpha value is -4.06. The molecule has 4 rings (SSSR count). The monoisotopic (exact) mass is 402 g/mol. The SMILES string of the molecule is Cc1cccc2c(-c3c(O)c(C(=O)O)cc4ccccc34)c(O)c(C(=O)O)c(C)c12. The van der Waals surface area contributed by atoms with E-state index in [1.807, 2.05) is 13.0 Å². The number of carboxylic acids is 2. The number of aromatic hydroxyl groups is 2. The molecule has 0 aliphatic rings. The summed E-state index contributed by atoms with van der Waals surface area (Å²) >= 11 is 0. The van der Waals surface area contributed by atoms with Crippen molar-refractivity contribution in [2.24, 2.45) is 0 Å². The van der Waals surface area contributed by atoms with Gasteiger partial charge in [-0.15, -0.1) is 0 Å². The number of carboxylic acid groups (broad SMARTS) is 2. The van der Waals surface area contributed by atoms with Gasteiger partial charge in [-0.1, -0.05) is 42.5 Å². The smallest absolute Gasteiger partial charge is 0.339 e. The number of hydrogen-bond acceptors (Lipinski definition) is 4. The zero-order valence-electron chi connectivity index (χ0n) is 16.2. The Balaban J connectivity index is 2.34. The first-order chi connectivity index (χ1) is 14.2. The van der Waals surface area contributed by atoms with Crippen LogP contribution < -0.4 is 0 Å². The second kappa shape index (κ2) is 6.77. The van der Waals surface area contributed by atoms with Crippen LogP contribution in [0, 0.1) is 13.8 Å². The fraction of sp³-hybridized carbons (Fsp3) is 0.0833. The average Bonchev–Trinajstić information content (AvgIpc) is 2.68. The van der Waals surface area contributed by atoms with E-state index in [0.717, 1.165) is 5.56 Å². The van der Waals surface area contributed by atoms with Gasteiger partial charge in [-0.05, 0) is 52.6 Å². The number of carbonyl (C=O) groups is 2. The highest BCUT2D eigenvalue weighted by Gasteiger charge is 2.27. The number of aryl methyl sites for hydroxylation is 2. The molecule has 4 aromatic carbocycles. The Labute approximate surface area is 171 Å². The maximum atomic E-state index is 12.0. The average molecular weight is 402 g/mol. The van der Waals surface area contributed by atoms with Crippen LogP contribution in [0.5, 0.6) is 11.5 Å². The molecule has 0 saturated heterocycles. The van der Waals surface area contributed by atoms with E-state index in [1.54, 1.807) is 43.3 Å². The summed E-state index contributed by atoms with van der Waals surface area (Å²) in [6.45, 7) is 3.45. The molecule has 0 spiro atoms. The highest BCUT2D eigenvalue weighted by molar-refractivity contribution is 6.16.